The van der Waals surface area contributed by atoms with Crippen molar-refractivity contribution in [3.8, 4) is 0 Å². The number of thiophene rings is 1. The van der Waals surface area contributed by atoms with Gasteiger partial charge in [-0.05, 0) is 49.4 Å². The number of nitrogens with one attached hydrogen (secondary N) is 1. The highest BCUT2D eigenvalue weighted by Gasteiger charge is 2.25. The predicted molar refractivity (Wildman–Crippen MR) is 104 cm³/mol. The van der Waals surface area contributed by atoms with Crippen LogP contribution in [0.4, 0.5) is 5.00 Å². The van der Waals surface area contributed by atoms with E-state index in [0.717, 1.165) is 22.0 Å². The summed E-state index contributed by atoms with van der Waals surface area (Å²) in [7, 11) is 0. The molecule has 1 heterocycles. The largest absolute Gasteiger partial charge is 0.462 e. The third-order valence-corrected chi connectivity index (χ3v) is 5.59. The molecule has 2 aromatic rings. The molecule has 8 heteroatoms. The van der Waals surface area contributed by atoms with Gasteiger partial charge >= 0.3 is 5.97 Å². The molecular formula is C18H20N2O4S2. The van der Waals surface area contributed by atoms with Crippen LogP contribution >= 0.6 is 23.1 Å². The smallest absolute Gasteiger partial charge is 0.348 e. The second-order valence-electron chi connectivity index (χ2n) is 5.26. The molecular weight excluding hydrogens is 372 g/mol. The maximum Gasteiger partial charge on any atom is 0.348 e. The second-order valence-corrected chi connectivity index (χ2v) is 7.61. The van der Waals surface area contributed by atoms with E-state index in [1.54, 1.807) is 37.7 Å². The van der Waals surface area contributed by atoms with Gasteiger partial charge in [-0.1, -0.05) is 6.92 Å². The molecule has 138 valence electrons. The van der Waals surface area contributed by atoms with E-state index in [2.05, 4.69) is 12.2 Å². The molecule has 0 saturated heterocycles. The summed E-state index contributed by atoms with van der Waals surface area (Å²) in [5.74, 6) is -0.686. The van der Waals surface area contributed by atoms with Gasteiger partial charge in [-0.15, -0.1) is 23.1 Å². The Balaban J connectivity index is 2.29. The van der Waals surface area contributed by atoms with Crippen molar-refractivity contribution in [1.29, 1.82) is 0 Å². The Hall–Kier alpha value is -2.32. The first kappa shape index (κ1) is 20.0. The van der Waals surface area contributed by atoms with Crippen molar-refractivity contribution in [3.05, 3.63) is 45.8 Å². The minimum absolute atomic E-state index is 0.129. The summed E-state index contributed by atoms with van der Waals surface area (Å²) in [6.45, 7) is 5.57. The van der Waals surface area contributed by atoms with Crippen LogP contribution in [0.15, 0.2) is 29.2 Å². The number of ether oxygens (including phenoxy) is 1. The molecule has 3 N–H and O–H groups in total. The summed E-state index contributed by atoms with van der Waals surface area (Å²) in [6.07, 6.45) is 0. The molecule has 0 radical (unpaired) electrons. The zero-order chi connectivity index (χ0) is 19.3. The number of hydrogen-bond acceptors (Lipinski definition) is 6. The number of rotatable bonds is 7. The van der Waals surface area contributed by atoms with E-state index in [0.29, 0.717) is 11.1 Å². The number of anilines is 1. The first-order valence-electron chi connectivity index (χ1n) is 8.03. The number of amides is 2. The van der Waals surface area contributed by atoms with Gasteiger partial charge in [0.25, 0.3) is 11.8 Å². The maximum atomic E-state index is 12.5. The van der Waals surface area contributed by atoms with Crippen LogP contribution in [0.3, 0.4) is 0 Å². The summed E-state index contributed by atoms with van der Waals surface area (Å²) in [5.41, 5.74) is 6.42. The van der Waals surface area contributed by atoms with Crippen LogP contribution < -0.4 is 11.1 Å². The first-order chi connectivity index (χ1) is 12.4. The maximum absolute atomic E-state index is 12.5. The number of nitrogens with two attached hydrogens (primary N) is 1. The van der Waals surface area contributed by atoms with E-state index >= 15 is 0 Å². The molecule has 0 unspecified atom stereocenters. The minimum atomic E-state index is -0.709. The molecule has 2 amide bonds. The van der Waals surface area contributed by atoms with E-state index in [1.807, 2.05) is 12.1 Å². The summed E-state index contributed by atoms with van der Waals surface area (Å²) in [5, 5.41) is 2.93. The Morgan fingerprint density at radius 1 is 1.19 bits per heavy atom. The number of carbonyl (C=O) groups excluding carboxylic acids is 3. The fourth-order valence-electron chi connectivity index (χ4n) is 2.33. The normalized spacial score (nSPS) is 10.4. The molecule has 1 aromatic carbocycles. The quantitative estimate of drug-likeness (QED) is 0.553. The summed E-state index contributed by atoms with van der Waals surface area (Å²) in [4.78, 5) is 37.6. The fraction of sp³-hybridized carbons (Fsp3) is 0.278. The SMILES string of the molecule is CCOC(=O)c1sc(NC(=O)c2ccc(SCC)cc2)c(C(N)=O)c1C. The van der Waals surface area contributed by atoms with E-state index in [4.69, 9.17) is 10.5 Å². The van der Waals surface area contributed by atoms with Crippen molar-refractivity contribution in [2.75, 3.05) is 17.7 Å². The van der Waals surface area contributed by atoms with Gasteiger partial charge in [0.1, 0.15) is 9.88 Å². The Bertz CT molecular complexity index is 828. The third-order valence-electron chi connectivity index (χ3n) is 3.51. The van der Waals surface area contributed by atoms with Crippen LogP contribution in [0.1, 0.15) is 49.8 Å². The number of esters is 1. The molecule has 0 atom stereocenters. The van der Waals surface area contributed by atoms with Crippen LogP contribution in [0.2, 0.25) is 0 Å². The number of primary amides is 1. The van der Waals surface area contributed by atoms with E-state index < -0.39 is 11.9 Å². The van der Waals surface area contributed by atoms with Crippen molar-refractivity contribution in [2.45, 2.75) is 25.7 Å². The monoisotopic (exact) mass is 392 g/mol. The first-order valence-corrected chi connectivity index (χ1v) is 9.83. The topological polar surface area (TPSA) is 98.5 Å². The van der Waals surface area contributed by atoms with Crippen molar-refractivity contribution in [2.24, 2.45) is 5.73 Å². The van der Waals surface area contributed by atoms with Gasteiger partial charge in [-0.25, -0.2) is 4.79 Å². The lowest BCUT2D eigenvalue weighted by atomic mass is 10.1. The summed E-state index contributed by atoms with van der Waals surface area (Å²) < 4.78 is 4.99. The van der Waals surface area contributed by atoms with Gasteiger partial charge in [0.2, 0.25) is 0 Å². The van der Waals surface area contributed by atoms with Gasteiger partial charge in [0.05, 0.1) is 12.2 Å². The van der Waals surface area contributed by atoms with Crippen LogP contribution in [0.5, 0.6) is 0 Å². The number of hydrogen-bond donors (Lipinski definition) is 2. The van der Waals surface area contributed by atoms with E-state index in [-0.39, 0.29) is 28.0 Å². The lowest BCUT2D eigenvalue weighted by Gasteiger charge is -2.06. The van der Waals surface area contributed by atoms with Crippen LogP contribution in [-0.2, 0) is 4.74 Å². The van der Waals surface area contributed by atoms with Gasteiger partial charge in [0, 0.05) is 10.5 Å². The number of carbonyl (C=O) groups is 3. The lowest BCUT2D eigenvalue weighted by Crippen LogP contribution is -2.17. The Kier molecular flexibility index (Phi) is 6.82. The second kappa shape index (κ2) is 8.86. The fourth-order valence-corrected chi connectivity index (χ4v) is 4.10. The molecule has 1 aromatic heterocycles. The molecule has 2 rings (SSSR count). The Morgan fingerprint density at radius 3 is 2.38 bits per heavy atom. The molecule has 0 aliphatic rings. The van der Waals surface area contributed by atoms with Crippen LogP contribution in [0.25, 0.3) is 0 Å². The lowest BCUT2D eigenvalue weighted by molar-refractivity contribution is 0.0531. The molecule has 0 aliphatic heterocycles. The van der Waals surface area contributed by atoms with Crippen molar-refractivity contribution < 1.29 is 19.1 Å². The zero-order valence-electron chi connectivity index (χ0n) is 14.8. The van der Waals surface area contributed by atoms with Crippen molar-refractivity contribution in [1.82, 2.24) is 0 Å². The molecule has 6 nitrogen and oxygen atoms in total. The molecule has 0 fully saturated rings. The van der Waals surface area contributed by atoms with Crippen molar-refractivity contribution >= 4 is 45.9 Å². The molecule has 0 aliphatic carbocycles. The van der Waals surface area contributed by atoms with Crippen molar-refractivity contribution in [3.63, 3.8) is 0 Å². The van der Waals surface area contributed by atoms with Gasteiger partial charge in [-0.2, -0.15) is 0 Å². The Morgan fingerprint density at radius 2 is 1.85 bits per heavy atom. The van der Waals surface area contributed by atoms with Gasteiger partial charge in [-0.3, -0.25) is 9.59 Å². The molecule has 0 bridgehead atoms. The number of thioether (sulfide) groups is 1. The predicted octanol–water partition coefficient (Wildman–Crippen LogP) is 3.70. The Labute approximate surface area is 160 Å². The standard InChI is InChI=1S/C18H20N2O4S2/c1-4-24-18(23)14-10(3)13(15(19)21)17(26-14)20-16(22)11-6-8-12(9-7-11)25-5-2/h6-9H,4-5H2,1-3H3,(H2,19,21)(H,20,22). The molecule has 0 saturated carbocycles. The molecule has 26 heavy (non-hydrogen) atoms. The average Bonchev–Trinajstić information content (AvgIpc) is 2.92. The van der Waals surface area contributed by atoms with Gasteiger partial charge in [0.15, 0.2) is 0 Å². The van der Waals surface area contributed by atoms with Crippen LogP contribution in [0, 0.1) is 6.92 Å². The number of benzene rings is 1. The third kappa shape index (κ3) is 4.44. The van der Waals surface area contributed by atoms with E-state index in [9.17, 15) is 14.4 Å². The summed E-state index contributed by atoms with van der Waals surface area (Å²) in [6, 6.07) is 7.15. The molecule has 0 spiro atoms. The highest BCUT2D eigenvalue weighted by molar-refractivity contribution is 7.99. The van der Waals surface area contributed by atoms with Crippen LogP contribution in [-0.4, -0.2) is 30.1 Å². The minimum Gasteiger partial charge on any atom is -0.462 e. The zero-order valence-corrected chi connectivity index (χ0v) is 16.4. The summed E-state index contributed by atoms with van der Waals surface area (Å²) >= 11 is 2.66. The average molecular weight is 393 g/mol. The highest BCUT2D eigenvalue weighted by Crippen LogP contribution is 2.33. The highest BCUT2D eigenvalue weighted by atomic mass is 32.2. The van der Waals surface area contributed by atoms with E-state index in [1.165, 1.54) is 0 Å². The van der Waals surface area contributed by atoms with Gasteiger partial charge < -0.3 is 15.8 Å².